The number of amides is 2. The maximum Gasteiger partial charge on any atom is 0.410 e. The molecule has 3 aliphatic carbocycles. The lowest BCUT2D eigenvalue weighted by molar-refractivity contribution is -0.346. The van der Waals surface area contributed by atoms with Gasteiger partial charge in [0.1, 0.15) is 46.6 Å². The molecule has 0 aromatic heterocycles. The van der Waals surface area contributed by atoms with Gasteiger partial charge in [-0.3, -0.25) is 14.5 Å². The van der Waals surface area contributed by atoms with Crippen LogP contribution >= 0.6 is 21.6 Å². The van der Waals surface area contributed by atoms with Gasteiger partial charge in [0.25, 0.3) is 0 Å². The quantitative estimate of drug-likeness (QED) is 0.0613. The number of ether oxygens (including phenoxy) is 8. The minimum absolute atomic E-state index is 0.0345. The van der Waals surface area contributed by atoms with Crippen LogP contribution in [0.25, 0.3) is 0 Å². The summed E-state index contributed by atoms with van der Waals surface area (Å²) < 4.78 is 47.7. The lowest BCUT2D eigenvalue weighted by Gasteiger charge is -2.67. The van der Waals surface area contributed by atoms with E-state index in [0.29, 0.717) is 18.7 Å². The number of nitrogens with one attached hydrogen (secondary N) is 1. The Morgan fingerprint density at radius 1 is 1.00 bits per heavy atom. The second-order valence-electron chi connectivity index (χ2n) is 21.3. The fourth-order valence-corrected chi connectivity index (χ4v) is 12.4. The molecule has 4 N–H and O–H groups in total. The van der Waals surface area contributed by atoms with Crippen molar-refractivity contribution in [3.63, 3.8) is 0 Å². The van der Waals surface area contributed by atoms with Gasteiger partial charge in [-0.2, -0.15) is 0 Å². The molecule has 20 nitrogen and oxygen atoms in total. The molecule has 2 saturated heterocycles. The Morgan fingerprint density at radius 2 is 1.67 bits per heavy atom. The van der Waals surface area contributed by atoms with Gasteiger partial charge in [-0.25, -0.2) is 19.2 Å². The van der Waals surface area contributed by atoms with Crippen molar-refractivity contribution >= 4 is 57.5 Å². The summed E-state index contributed by atoms with van der Waals surface area (Å²) in [4.78, 5) is 90.2. The Labute approximate surface area is 434 Å². The fourth-order valence-electron chi connectivity index (χ4n) is 11.2. The SMILES string of the molecule is COc1ccc(OC)c(C(=O)O[C@H]2C3[C@](C)(C(=O)[C@H](OC(=O)N4CCN(CCSSC)CC4)C4=C(C)[C@@H](OC(=O)[C@H](O)[C@H](C=C(C)C)NC(=O)OC(C)(C)C)C[C@]2(O)C4(C)C)C(O)C[C@H]2OC[C@@]32OC(C)=O)c1. The number of aliphatic hydroxyl groups is 3. The fraction of sp³-hybridized carbons (Fsp3) is 0.686. The number of carbonyl (C=O) groups is 6. The molecule has 22 heteroatoms. The van der Waals surface area contributed by atoms with Crippen LogP contribution in [0.15, 0.2) is 41.0 Å². The Hall–Kier alpha value is -4.58. The minimum Gasteiger partial charge on any atom is -0.497 e. The van der Waals surface area contributed by atoms with Gasteiger partial charge in [0.15, 0.2) is 23.6 Å². The Kier molecular flexibility index (Phi) is 17.6. The van der Waals surface area contributed by atoms with Gasteiger partial charge in [-0.15, -0.1) is 0 Å². The lowest BCUT2D eigenvalue weighted by atomic mass is 9.44. The highest BCUT2D eigenvalue weighted by molar-refractivity contribution is 8.76. The molecule has 5 aliphatic rings. The van der Waals surface area contributed by atoms with Crippen molar-refractivity contribution in [1.82, 2.24) is 15.1 Å². The zero-order valence-electron chi connectivity index (χ0n) is 44.1. The monoisotopic (exact) mass is 1060 g/mol. The summed E-state index contributed by atoms with van der Waals surface area (Å²) in [6.45, 7) is 17.5. The van der Waals surface area contributed by atoms with Gasteiger partial charge in [-0.1, -0.05) is 47.1 Å². The van der Waals surface area contributed by atoms with E-state index in [2.05, 4.69) is 10.2 Å². The first-order chi connectivity index (χ1) is 34.1. The molecule has 0 radical (unpaired) electrons. The van der Waals surface area contributed by atoms with Crippen molar-refractivity contribution in [3.8, 4) is 11.5 Å². The molecule has 2 heterocycles. The lowest BCUT2D eigenvalue weighted by Crippen LogP contribution is -2.82. The van der Waals surface area contributed by atoms with Crippen LogP contribution in [0.2, 0.25) is 0 Å². The van der Waals surface area contributed by atoms with Crippen LogP contribution in [0, 0.1) is 16.7 Å². The molecule has 2 unspecified atom stereocenters. The molecule has 4 fully saturated rings. The van der Waals surface area contributed by atoms with Crippen molar-refractivity contribution in [2.45, 2.75) is 142 Å². The number of piperazine rings is 1. The van der Waals surface area contributed by atoms with E-state index < -0.39 is 119 Å². The molecule has 6 rings (SSSR count). The van der Waals surface area contributed by atoms with E-state index in [0.717, 1.165) is 19.2 Å². The van der Waals surface area contributed by atoms with Crippen LogP contribution in [0.5, 0.6) is 11.5 Å². The first-order valence-electron chi connectivity index (χ1n) is 24.4. The number of esters is 3. The summed E-state index contributed by atoms with van der Waals surface area (Å²) in [5.74, 6) is -4.56. The number of ketones is 1. The number of allylic oxidation sites excluding steroid dienone is 1. The van der Waals surface area contributed by atoms with E-state index in [-0.39, 0.29) is 54.3 Å². The number of rotatable bonds is 15. The number of fused-ring (bicyclic) bond motifs is 5. The van der Waals surface area contributed by atoms with Crippen LogP contribution in [-0.2, 0) is 42.8 Å². The number of hydrogen-bond donors (Lipinski definition) is 4. The largest absolute Gasteiger partial charge is 0.497 e. The number of aliphatic hydroxyl groups excluding tert-OH is 2. The molecule has 1 aromatic carbocycles. The number of alkyl carbamates (subject to hydrolysis) is 1. The molecule has 11 atom stereocenters. The number of methoxy groups -OCH3 is 2. The van der Waals surface area contributed by atoms with Crippen molar-refractivity contribution in [2.75, 3.05) is 65.6 Å². The van der Waals surface area contributed by atoms with Gasteiger partial charge in [-0.05, 0) is 84.1 Å². The normalized spacial score (nSPS) is 30.6. The molecule has 406 valence electrons. The average molecular weight is 1060 g/mol. The highest BCUT2D eigenvalue weighted by atomic mass is 33.1. The van der Waals surface area contributed by atoms with Gasteiger partial charge < -0.3 is 63.4 Å². The summed E-state index contributed by atoms with van der Waals surface area (Å²) in [7, 11) is 6.10. The number of benzene rings is 1. The molecule has 73 heavy (non-hydrogen) atoms. The number of hydrogen-bond acceptors (Lipinski definition) is 20. The third-order valence-electron chi connectivity index (χ3n) is 15.0. The first-order valence-corrected chi connectivity index (χ1v) is 27.1. The third kappa shape index (κ3) is 11.4. The summed E-state index contributed by atoms with van der Waals surface area (Å²) in [6, 6.07) is 2.99. The molecule has 2 amide bonds. The van der Waals surface area contributed by atoms with Crippen LogP contribution in [0.1, 0.15) is 92.4 Å². The van der Waals surface area contributed by atoms with Crippen molar-refractivity contribution in [1.29, 1.82) is 0 Å². The highest BCUT2D eigenvalue weighted by Crippen LogP contribution is 2.64. The molecule has 2 bridgehead atoms. The Morgan fingerprint density at radius 3 is 2.23 bits per heavy atom. The standard InChI is InChI=1S/C51H73N3O17S2/c1-27(2)22-32(52-45(61)71-47(5,6)7)38(57)44(60)67-34-25-51(63)42(69-43(59)31-23-30(64-11)14-15-33(31)65-12)40-49(10,35(56)24-36-50(40,26-66-36)70-29(4)55)41(58)39(37(28(34)3)48(51,8)9)68-46(62)54-18-16-53(17-19-54)20-21-73-72-13/h14-15,22-23,32,34-36,38-40,42,56-57,63H,16-21,24-26H2,1-13H3,(H,52,61)/t32-,34-,35?,36+,38+,39+,40?,42-,49+,50-,51+/m0/s1. The van der Waals surface area contributed by atoms with Gasteiger partial charge in [0, 0.05) is 63.7 Å². The smallest absolute Gasteiger partial charge is 0.410 e. The molecule has 1 aromatic rings. The second-order valence-corrected chi connectivity index (χ2v) is 24.0. The van der Waals surface area contributed by atoms with Gasteiger partial charge in [0.05, 0.1) is 44.3 Å². The molecular weight excluding hydrogens is 991 g/mol. The number of nitrogens with zero attached hydrogens (tertiary/aromatic N) is 2. The maximum atomic E-state index is 16.2. The van der Waals surface area contributed by atoms with Gasteiger partial charge >= 0.3 is 30.1 Å². The third-order valence-corrected chi connectivity index (χ3v) is 16.8. The topological polar surface area (TPSA) is 255 Å². The van der Waals surface area contributed by atoms with E-state index in [9.17, 15) is 39.3 Å². The van der Waals surface area contributed by atoms with E-state index in [4.69, 9.17) is 37.9 Å². The molecular formula is C51H73N3O17S2. The minimum atomic E-state index is -2.50. The number of carbonyl (C=O) groups excluding carboxylic acids is 6. The zero-order valence-corrected chi connectivity index (χ0v) is 45.7. The van der Waals surface area contributed by atoms with Gasteiger partial charge in [0.2, 0.25) is 0 Å². The summed E-state index contributed by atoms with van der Waals surface area (Å²) >= 11 is 0. The van der Waals surface area contributed by atoms with E-state index in [1.165, 1.54) is 51.2 Å². The van der Waals surface area contributed by atoms with Crippen molar-refractivity contribution in [3.05, 3.63) is 46.6 Å². The molecule has 2 saturated carbocycles. The number of Topliss-reactive ketones (excluding diaryl/α,β-unsaturated/α-hetero) is 1. The summed E-state index contributed by atoms with van der Waals surface area (Å²) in [6.07, 6.45) is -9.47. The average Bonchev–Trinajstić information content (AvgIpc) is 3.31. The van der Waals surface area contributed by atoms with Crippen LogP contribution < -0.4 is 14.8 Å². The maximum absolute atomic E-state index is 16.2. The zero-order chi connectivity index (χ0) is 54.2. The van der Waals surface area contributed by atoms with Crippen LogP contribution in [-0.4, -0.2) is 186 Å². The van der Waals surface area contributed by atoms with Crippen LogP contribution in [0.3, 0.4) is 0 Å². The molecule has 2 aliphatic heterocycles. The second kappa shape index (κ2) is 22.3. The highest BCUT2D eigenvalue weighted by Gasteiger charge is 2.78. The summed E-state index contributed by atoms with van der Waals surface area (Å²) in [5, 5.41) is 40.8. The summed E-state index contributed by atoms with van der Waals surface area (Å²) in [5.41, 5.74) is -8.68. The van der Waals surface area contributed by atoms with Crippen molar-refractivity contribution in [2.24, 2.45) is 16.7 Å². The van der Waals surface area contributed by atoms with E-state index in [1.54, 1.807) is 76.1 Å². The molecule has 0 spiro atoms. The van der Waals surface area contributed by atoms with E-state index >= 15 is 4.79 Å². The van der Waals surface area contributed by atoms with Crippen molar-refractivity contribution < 1.29 is 82.0 Å². The Bertz CT molecular complexity index is 2340. The van der Waals surface area contributed by atoms with E-state index in [1.807, 2.05) is 6.26 Å². The van der Waals surface area contributed by atoms with Crippen LogP contribution in [0.4, 0.5) is 9.59 Å². The predicted molar refractivity (Wildman–Crippen MR) is 269 cm³/mol. The first kappa shape index (κ1) is 57.7. The predicted octanol–water partition coefficient (Wildman–Crippen LogP) is 4.64. The Balaban J connectivity index is 1.56.